The van der Waals surface area contributed by atoms with Crippen LogP contribution in [0.5, 0.6) is 0 Å². The molecule has 5 nitrogen and oxygen atoms in total. The van der Waals surface area contributed by atoms with Crippen molar-refractivity contribution in [2.45, 2.75) is 32.5 Å². The normalized spacial score (nSPS) is 36.2. The summed E-state index contributed by atoms with van der Waals surface area (Å²) < 4.78 is 34.2. The third-order valence-electron chi connectivity index (χ3n) is 3.48. The molecule has 0 aromatic heterocycles. The Hall–Kier alpha value is -0.690. The standard InChI is InChI=1S/C15H26O5S/c1-12-10-13(2)15(16)14(19-3)6-4-5-8-21(17,18)9-7-20-11-12/h4,6,10,13-16H,5,7-9,11H2,1-3H3/b6-4+,12-10-/t13-,14+,15+/m1/s1. The van der Waals surface area contributed by atoms with Crippen LogP contribution in [0.4, 0.5) is 0 Å². The SMILES string of the molecule is CO[C@H]1/C=C/CCS(=O)(=O)CCOC/C(C)=C\[C@@H](C)[C@@H]1O. The maximum atomic E-state index is 11.8. The van der Waals surface area contributed by atoms with Crippen molar-refractivity contribution in [3.63, 3.8) is 0 Å². The summed E-state index contributed by atoms with van der Waals surface area (Å²) in [6, 6.07) is 0. The third kappa shape index (κ3) is 6.74. The van der Waals surface area contributed by atoms with E-state index >= 15 is 0 Å². The first-order valence-corrected chi connectivity index (χ1v) is 9.01. The topological polar surface area (TPSA) is 72.8 Å². The van der Waals surface area contributed by atoms with Crippen LogP contribution in [-0.2, 0) is 19.3 Å². The Morgan fingerprint density at radius 3 is 2.76 bits per heavy atom. The van der Waals surface area contributed by atoms with Gasteiger partial charge in [-0.1, -0.05) is 30.7 Å². The zero-order chi connectivity index (χ0) is 15.9. The molecule has 1 heterocycles. The average molecular weight is 318 g/mol. The molecule has 0 aliphatic carbocycles. The summed E-state index contributed by atoms with van der Waals surface area (Å²) in [7, 11) is -1.56. The smallest absolute Gasteiger partial charge is 0.152 e. The van der Waals surface area contributed by atoms with Gasteiger partial charge in [-0.15, -0.1) is 0 Å². The minimum Gasteiger partial charge on any atom is -0.389 e. The van der Waals surface area contributed by atoms with Gasteiger partial charge in [0.05, 0.1) is 30.8 Å². The highest BCUT2D eigenvalue weighted by atomic mass is 32.2. The lowest BCUT2D eigenvalue weighted by Gasteiger charge is -2.23. The highest BCUT2D eigenvalue weighted by Gasteiger charge is 2.21. The number of sulfone groups is 1. The van der Waals surface area contributed by atoms with Crippen molar-refractivity contribution < 1.29 is 23.0 Å². The summed E-state index contributed by atoms with van der Waals surface area (Å²) in [5, 5.41) is 10.3. The van der Waals surface area contributed by atoms with Crippen LogP contribution in [0, 0.1) is 5.92 Å². The molecule has 0 aromatic carbocycles. The molecular formula is C15H26O5S. The van der Waals surface area contributed by atoms with E-state index in [2.05, 4.69) is 0 Å². The van der Waals surface area contributed by atoms with Crippen molar-refractivity contribution in [2.75, 3.05) is 31.8 Å². The van der Waals surface area contributed by atoms with Crippen LogP contribution in [0.25, 0.3) is 0 Å². The Morgan fingerprint density at radius 2 is 2.10 bits per heavy atom. The van der Waals surface area contributed by atoms with Gasteiger partial charge in [-0.3, -0.25) is 0 Å². The Labute approximate surface area is 127 Å². The van der Waals surface area contributed by atoms with Crippen LogP contribution in [0.2, 0.25) is 0 Å². The molecule has 1 aliphatic heterocycles. The minimum absolute atomic E-state index is 0.0417. The molecule has 1 aliphatic rings. The van der Waals surface area contributed by atoms with E-state index in [0.717, 1.165) is 5.57 Å². The molecule has 0 spiro atoms. The van der Waals surface area contributed by atoms with Crippen molar-refractivity contribution >= 4 is 9.84 Å². The molecule has 3 atom stereocenters. The van der Waals surface area contributed by atoms with Gasteiger partial charge in [0.25, 0.3) is 0 Å². The second-order valence-corrected chi connectivity index (χ2v) is 7.79. The van der Waals surface area contributed by atoms with E-state index in [4.69, 9.17) is 9.47 Å². The van der Waals surface area contributed by atoms with Gasteiger partial charge in [-0.2, -0.15) is 0 Å². The molecule has 0 radical (unpaired) electrons. The van der Waals surface area contributed by atoms with Crippen molar-refractivity contribution in [2.24, 2.45) is 5.92 Å². The third-order valence-corrected chi connectivity index (χ3v) is 5.13. The van der Waals surface area contributed by atoms with Crippen molar-refractivity contribution in [3.8, 4) is 0 Å². The van der Waals surface area contributed by atoms with Gasteiger partial charge < -0.3 is 14.6 Å². The van der Waals surface area contributed by atoms with E-state index in [9.17, 15) is 13.5 Å². The largest absolute Gasteiger partial charge is 0.389 e. The lowest BCUT2D eigenvalue weighted by Crippen LogP contribution is -2.31. The summed E-state index contributed by atoms with van der Waals surface area (Å²) in [5.41, 5.74) is 0.967. The van der Waals surface area contributed by atoms with Gasteiger partial charge in [0.1, 0.15) is 6.10 Å². The van der Waals surface area contributed by atoms with Crippen LogP contribution in [0.3, 0.4) is 0 Å². The van der Waals surface area contributed by atoms with Gasteiger partial charge in [-0.25, -0.2) is 8.42 Å². The molecule has 0 saturated heterocycles. The van der Waals surface area contributed by atoms with E-state index in [1.807, 2.05) is 19.9 Å². The zero-order valence-corrected chi connectivity index (χ0v) is 13.8. The second kappa shape index (κ2) is 8.68. The van der Waals surface area contributed by atoms with Crippen LogP contribution >= 0.6 is 0 Å². The molecule has 122 valence electrons. The quantitative estimate of drug-likeness (QED) is 0.739. The highest BCUT2D eigenvalue weighted by molar-refractivity contribution is 7.91. The van der Waals surface area contributed by atoms with E-state index in [0.29, 0.717) is 13.0 Å². The monoisotopic (exact) mass is 318 g/mol. The van der Waals surface area contributed by atoms with Gasteiger partial charge in [-0.05, 0) is 13.3 Å². The zero-order valence-electron chi connectivity index (χ0n) is 13.0. The highest BCUT2D eigenvalue weighted by Crippen LogP contribution is 2.15. The van der Waals surface area contributed by atoms with Crippen LogP contribution in [-0.4, -0.2) is 57.6 Å². The van der Waals surface area contributed by atoms with Gasteiger partial charge in [0.2, 0.25) is 0 Å². The Morgan fingerprint density at radius 1 is 1.38 bits per heavy atom. The Kier molecular flexibility index (Phi) is 7.59. The van der Waals surface area contributed by atoms with Crippen molar-refractivity contribution in [1.82, 2.24) is 0 Å². The maximum absolute atomic E-state index is 11.8. The first-order valence-electron chi connectivity index (χ1n) is 7.18. The molecule has 1 N–H and O–H groups in total. The number of hydrogen-bond donors (Lipinski definition) is 1. The molecule has 0 unspecified atom stereocenters. The first-order chi connectivity index (χ1) is 9.85. The number of aliphatic hydroxyl groups excluding tert-OH is 1. The van der Waals surface area contributed by atoms with E-state index in [1.54, 1.807) is 12.2 Å². The number of methoxy groups -OCH3 is 1. The second-order valence-electron chi connectivity index (χ2n) is 5.48. The van der Waals surface area contributed by atoms with Crippen LogP contribution in [0.15, 0.2) is 23.8 Å². The molecule has 0 fully saturated rings. The first kappa shape index (κ1) is 18.4. The molecule has 0 bridgehead atoms. The Bertz CT molecular complexity index is 466. The van der Waals surface area contributed by atoms with Crippen molar-refractivity contribution in [1.29, 1.82) is 0 Å². The summed E-state index contributed by atoms with van der Waals surface area (Å²) >= 11 is 0. The fourth-order valence-electron chi connectivity index (χ4n) is 2.23. The summed E-state index contributed by atoms with van der Waals surface area (Å²) in [5.74, 6) is 0.0545. The van der Waals surface area contributed by atoms with Gasteiger partial charge in [0, 0.05) is 13.0 Å². The average Bonchev–Trinajstić information content (AvgIpc) is 2.42. The molecule has 21 heavy (non-hydrogen) atoms. The summed E-state index contributed by atoms with van der Waals surface area (Å²) in [6.07, 6.45) is 4.71. The predicted octanol–water partition coefficient (Wildman–Crippen LogP) is 1.34. The Balaban J connectivity index is 2.87. The number of allylic oxidation sites excluding steroid dienone is 1. The number of rotatable bonds is 1. The number of aliphatic hydroxyl groups is 1. The lowest BCUT2D eigenvalue weighted by atomic mass is 9.97. The molecule has 1 rings (SSSR count). The minimum atomic E-state index is -3.10. The van der Waals surface area contributed by atoms with Gasteiger partial charge in [0.15, 0.2) is 9.84 Å². The fraction of sp³-hybridized carbons (Fsp3) is 0.733. The lowest BCUT2D eigenvalue weighted by molar-refractivity contribution is -0.00198. The summed E-state index contributed by atoms with van der Waals surface area (Å²) in [6.45, 7) is 4.40. The van der Waals surface area contributed by atoms with Crippen molar-refractivity contribution in [3.05, 3.63) is 23.8 Å². The van der Waals surface area contributed by atoms with Gasteiger partial charge >= 0.3 is 0 Å². The molecule has 0 amide bonds. The molecule has 0 aromatic rings. The van der Waals surface area contributed by atoms with Crippen LogP contribution < -0.4 is 0 Å². The molecule has 6 heteroatoms. The maximum Gasteiger partial charge on any atom is 0.152 e. The molecule has 0 saturated carbocycles. The van der Waals surface area contributed by atoms with E-state index < -0.39 is 22.0 Å². The fourth-order valence-corrected chi connectivity index (χ4v) is 3.30. The van der Waals surface area contributed by atoms with E-state index in [-0.39, 0.29) is 24.0 Å². The van der Waals surface area contributed by atoms with Crippen LogP contribution in [0.1, 0.15) is 20.3 Å². The summed E-state index contributed by atoms with van der Waals surface area (Å²) in [4.78, 5) is 0. The predicted molar refractivity (Wildman–Crippen MR) is 83.0 cm³/mol. The molecular weight excluding hydrogens is 292 g/mol. The number of hydrogen-bond acceptors (Lipinski definition) is 5. The number of ether oxygens (including phenoxy) is 2. The van der Waals surface area contributed by atoms with E-state index in [1.165, 1.54) is 7.11 Å².